The van der Waals surface area contributed by atoms with Crippen molar-refractivity contribution in [2.24, 2.45) is 0 Å². The minimum atomic E-state index is -3.67. The van der Waals surface area contributed by atoms with Crippen molar-refractivity contribution in [3.8, 4) is 0 Å². The molecule has 1 radical (unpaired) electrons. The van der Waals surface area contributed by atoms with Gasteiger partial charge in [-0.1, -0.05) is 0 Å². The van der Waals surface area contributed by atoms with E-state index in [9.17, 15) is 8.42 Å². The Kier molecular flexibility index (Phi) is 4.52. The Morgan fingerprint density at radius 3 is 1.50 bits per heavy atom. The summed E-state index contributed by atoms with van der Waals surface area (Å²) in [6.45, 7) is 0. The monoisotopic (exact) mass is 293 g/mol. The molecule has 0 rings (SSSR count). The fourth-order valence-corrected chi connectivity index (χ4v) is 0. The molecule has 0 saturated heterocycles. The largest absolute Gasteiger partial charge is 0.286 e. The molecule has 0 spiro atoms. The van der Waals surface area contributed by atoms with Crippen LogP contribution in [0.5, 0.6) is 0 Å². The van der Waals surface area contributed by atoms with Gasteiger partial charge in [-0.05, 0) is 0 Å². The van der Waals surface area contributed by atoms with Gasteiger partial charge in [0.2, 0.25) is 0 Å². The van der Waals surface area contributed by atoms with E-state index >= 15 is 0 Å². The van der Waals surface area contributed by atoms with Gasteiger partial charge in [-0.15, -0.1) is 0 Å². The van der Waals surface area contributed by atoms with E-state index in [1.54, 1.807) is 0 Å². The predicted molar refractivity (Wildman–Crippen MR) is 17.5 cm³/mol. The predicted octanol–water partition coefficient (Wildman–Crippen LogP) is -0.498. The summed E-state index contributed by atoms with van der Waals surface area (Å²) in [5, 5.41) is 0. The van der Waals surface area contributed by atoms with Crippen LogP contribution in [-0.4, -0.2) is 19.2 Å². The average Bonchev–Trinajstić information content (AvgIpc) is 0.722. The molecular formula is CH4AuO3S. The molecule has 1 N–H and O–H groups in total. The van der Waals surface area contributed by atoms with E-state index in [4.69, 9.17) is 4.55 Å². The molecule has 43 valence electrons. The van der Waals surface area contributed by atoms with Crippen LogP contribution >= 0.6 is 0 Å². The molecule has 0 bridgehead atoms. The van der Waals surface area contributed by atoms with Crippen LogP contribution < -0.4 is 0 Å². The molecule has 6 heavy (non-hydrogen) atoms. The zero-order chi connectivity index (χ0) is 4.50. The summed E-state index contributed by atoms with van der Waals surface area (Å²) in [5.74, 6) is 0. The smallest absolute Gasteiger partial charge is 0.261 e. The first-order valence-electron chi connectivity index (χ1n) is 0.924. The summed E-state index contributed by atoms with van der Waals surface area (Å²) in [6.07, 6.45) is 0.715. The van der Waals surface area contributed by atoms with Crippen LogP contribution in [-0.2, 0) is 32.5 Å². The van der Waals surface area contributed by atoms with Crippen molar-refractivity contribution >= 4 is 10.1 Å². The van der Waals surface area contributed by atoms with Gasteiger partial charge in [0.1, 0.15) is 0 Å². The molecule has 3 nitrogen and oxygen atoms in total. The SMILES string of the molecule is CS(=O)(=O)O.[Au]. The van der Waals surface area contributed by atoms with E-state index in [0.717, 1.165) is 0 Å². The van der Waals surface area contributed by atoms with Gasteiger partial charge in [-0.2, -0.15) is 8.42 Å². The molecule has 0 amide bonds. The zero-order valence-corrected chi connectivity index (χ0v) is 5.96. The summed E-state index contributed by atoms with van der Waals surface area (Å²) < 4.78 is 25.9. The molecule has 0 aliphatic rings. The standard InChI is InChI=1S/CH4O3S.Au/c1-5(2,3)4;/h1H3,(H,2,3,4);. The van der Waals surface area contributed by atoms with Crippen LogP contribution in [0.25, 0.3) is 0 Å². The molecule has 0 fully saturated rings. The molecule has 0 atom stereocenters. The van der Waals surface area contributed by atoms with E-state index in [2.05, 4.69) is 0 Å². The normalized spacial score (nSPS) is 9.67. The molecule has 0 aromatic carbocycles. The summed E-state index contributed by atoms with van der Waals surface area (Å²) in [6, 6.07) is 0. The third kappa shape index (κ3) is 147. The van der Waals surface area contributed by atoms with Gasteiger partial charge in [0, 0.05) is 22.4 Å². The Hall–Kier alpha value is 0.650. The first-order valence-corrected chi connectivity index (χ1v) is 2.77. The van der Waals surface area contributed by atoms with Crippen LogP contribution in [0.1, 0.15) is 0 Å². The topological polar surface area (TPSA) is 54.4 Å². The van der Waals surface area contributed by atoms with Gasteiger partial charge in [-0.3, -0.25) is 4.55 Å². The molecule has 0 aliphatic carbocycles. The molecule has 0 heterocycles. The molecule has 0 aromatic heterocycles. The van der Waals surface area contributed by atoms with Gasteiger partial charge in [0.25, 0.3) is 10.1 Å². The third-order valence-corrected chi connectivity index (χ3v) is 0. The van der Waals surface area contributed by atoms with Crippen molar-refractivity contribution in [3.63, 3.8) is 0 Å². The van der Waals surface area contributed by atoms with Crippen molar-refractivity contribution in [3.05, 3.63) is 0 Å². The second-order valence-corrected chi connectivity index (χ2v) is 2.20. The molecule has 5 heteroatoms. The van der Waals surface area contributed by atoms with Crippen LogP contribution in [0, 0.1) is 0 Å². The first-order chi connectivity index (χ1) is 2.00. The molecule has 0 aromatic rings. The van der Waals surface area contributed by atoms with Crippen LogP contribution in [0.4, 0.5) is 0 Å². The van der Waals surface area contributed by atoms with E-state index in [1.807, 2.05) is 0 Å². The summed E-state index contributed by atoms with van der Waals surface area (Å²) >= 11 is 0. The second kappa shape index (κ2) is 2.76. The first kappa shape index (κ1) is 9.82. The minimum Gasteiger partial charge on any atom is -0.286 e. The van der Waals surface area contributed by atoms with Crippen molar-refractivity contribution in [1.29, 1.82) is 0 Å². The average molecular weight is 293 g/mol. The second-order valence-electron chi connectivity index (χ2n) is 0.733. The summed E-state index contributed by atoms with van der Waals surface area (Å²) in [7, 11) is -3.67. The van der Waals surface area contributed by atoms with E-state index < -0.39 is 10.1 Å². The van der Waals surface area contributed by atoms with E-state index in [1.165, 1.54) is 0 Å². The Morgan fingerprint density at radius 2 is 1.50 bits per heavy atom. The molecular weight excluding hydrogens is 289 g/mol. The fraction of sp³-hybridized carbons (Fsp3) is 1.00. The van der Waals surface area contributed by atoms with Gasteiger partial charge in [-0.25, -0.2) is 0 Å². The number of hydrogen-bond donors (Lipinski definition) is 1. The van der Waals surface area contributed by atoms with Crippen molar-refractivity contribution in [2.45, 2.75) is 0 Å². The Balaban J connectivity index is 0. The van der Waals surface area contributed by atoms with Crippen molar-refractivity contribution in [2.75, 3.05) is 6.26 Å². The van der Waals surface area contributed by atoms with Gasteiger partial charge < -0.3 is 0 Å². The summed E-state index contributed by atoms with van der Waals surface area (Å²) in [4.78, 5) is 0. The van der Waals surface area contributed by atoms with Gasteiger partial charge in [0.05, 0.1) is 6.26 Å². The van der Waals surface area contributed by atoms with Crippen molar-refractivity contribution < 1.29 is 35.4 Å². The molecule has 0 unspecified atom stereocenters. The quantitative estimate of drug-likeness (QED) is 0.484. The van der Waals surface area contributed by atoms with E-state index in [0.29, 0.717) is 6.26 Å². The zero-order valence-electron chi connectivity index (χ0n) is 2.97. The summed E-state index contributed by atoms with van der Waals surface area (Å²) in [5.41, 5.74) is 0. The van der Waals surface area contributed by atoms with Crippen LogP contribution in [0.3, 0.4) is 0 Å². The maximum atomic E-state index is 9.19. The van der Waals surface area contributed by atoms with E-state index in [-0.39, 0.29) is 22.4 Å². The maximum Gasteiger partial charge on any atom is 0.261 e. The van der Waals surface area contributed by atoms with Gasteiger partial charge in [0.15, 0.2) is 0 Å². The number of rotatable bonds is 0. The maximum absolute atomic E-state index is 9.19. The number of hydrogen-bond acceptors (Lipinski definition) is 2. The Labute approximate surface area is 52.0 Å². The molecule has 0 aliphatic heterocycles. The minimum absolute atomic E-state index is 0. The Morgan fingerprint density at radius 1 is 1.50 bits per heavy atom. The fourth-order valence-electron chi connectivity index (χ4n) is 0. The van der Waals surface area contributed by atoms with Crippen LogP contribution in [0.15, 0.2) is 0 Å². The van der Waals surface area contributed by atoms with Crippen LogP contribution in [0.2, 0.25) is 0 Å². The molecule has 0 saturated carbocycles. The van der Waals surface area contributed by atoms with Gasteiger partial charge >= 0.3 is 0 Å². The Bertz CT molecular complexity index is 94.0. The third-order valence-electron chi connectivity index (χ3n) is 0. The van der Waals surface area contributed by atoms with Crippen molar-refractivity contribution in [1.82, 2.24) is 0 Å².